The van der Waals surface area contributed by atoms with Crippen LogP contribution in [0.1, 0.15) is 30.2 Å². The molecular weight excluding hydrogens is 364 g/mol. The van der Waals surface area contributed by atoms with Crippen LogP contribution in [0.2, 0.25) is 0 Å². The summed E-state index contributed by atoms with van der Waals surface area (Å²) in [5.74, 6) is 1.96. The number of benzene rings is 1. The lowest BCUT2D eigenvalue weighted by atomic mass is 10.2. The summed E-state index contributed by atoms with van der Waals surface area (Å²) >= 11 is 5.34. The SMILES string of the molecule is CCOc1ccc(C=Nn2c(-c3n[nH]c4c3CCC4)n[nH]c2=S)cc1OC. The average molecular weight is 384 g/mol. The third-order valence-corrected chi connectivity index (χ3v) is 4.74. The molecule has 0 radical (unpaired) electrons. The van der Waals surface area contributed by atoms with Gasteiger partial charge in [-0.1, -0.05) is 0 Å². The molecule has 2 N–H and O–H groups in total. The molecule has 0 unspecified atom stereocenters. The molecule has 9 heteroatoms. The first-order chi connectivity index (χ1) is 13.2. The smallest absolute Gasteiger partial charge is 0.216 e. The van der Waals surface area contributed by atoms with E-state index in [0.29, 0.717) is 28.7 Å². The Morgan fingerprint density at radius 3 is 2.96 bits per heavy atom. The highest BCUT2D eigenvalue weighted by molar-refractivity contribution is 7.71. The second-order valence-electron chi connectivity index (χ2n) is 6.13. The molecule has 0 fully saturated rings. The number of aromatic amines is 2. The second kappa shape index (κ2) is 7.36. The van der Waals surface area contributed by atoms with Gasteiger partial charge in [-0.15, -0.1) is 0 Å². The van der Waals surface area contributed by atoms with Gasteiger partial charge in [-0.2, -0.15) is 20.0 Å². The fraction of sp³-hybridized carbons (Fsp3) is 0.333. The zero-order valence-corrected chi connectivity index (χ0v) is 16.0. The van der Waals surface area contributed by atoms with E-state index in [1.807, 2.05) is 25.1 Å². The fourth-order valence-electron chi connectivity index (χ4n) is 3.22. The van der Waals surface area contributed by atoms with Crippen LogP contribution in [0.25, 0.3) is 11.5 Å². The molecule has 1 aromatic carbocycles. The van der Waals surface area contributed by atoms with Crippen molar-refractivity contribution in [3.8, 4) is 23.0 Å². The molecule has 0 saturated heterocycles. The fourth-order valence-corrected chi connectivity index (χ4v) is 3.40. The highest BCUT2D eigenvalue weighted by atomic mass is 32.1. The third-order valence-electron chi connectivity index (χ3n) is 4.48. The molecule has 4 rings (SSSR count). The van der Waals surface area contributed by atoms with E-state index >= 15 is 0 Å². The molecule has 2 heterocycles. The summed E-state index contributed by atoms with van der Waals surface area (Å²) in [7, 11) is 1.61. The van der Waals surface area contributed by atoms with Crippen LogP contribution in [-0.2, 0) is 12.8 Å². The second-order valence-corrected chi connectivity index (χ2v) is 6.52. The van der Waals surface area contributed by atoms with E-state index in [2.05, 4.69) is 25.5 Å². The Morgan fingerprint density at radius 2 is 2.15 bits per heavy atom. The van der Waals surface area contributed by atoms with Crippen molar-refractivity contribution in [2.24, 2.45) is 5.10 Å². The van der Waals surface area contributed by atoms with Gasteiger partial charge in [0.2, 0.25) is 10.6 Å². The zero-order valence-electron chi connectivity index (χ0n) is 15.2. The molecule has 0 spiro atoms. The van der Waals surface area contributed by atoms with Gasteiger partial charge < -0.3 is 9.47 Å². The highest BCUT2D eigenvalue weighted by Gasteiger charge is 2.23. The molecule has 0 atom stereocenters. The minimum absolute atomic E-state index is 0.411. The Bertz CT molecular complexity index is 1050. The summed E-state index contributed by atoms with van der Waals surface area (Å²) in [5, 5.41) is 19.1. The molecule has 140 valence electrons. The summed E-state index contributed by atoms with van der Waals surface area (Å²) in [6.07, 6.45) is 4.83. The number of aromatic nitrogens is 5. The van der Waals surface area contributed by atoms with Gasteiger partial charge in [0.05, 0.1) is 19.9 Å². The first-order valence-electron chi connectivity index (χ1n) is 8.80. The standard InChI is InChI=1S/C18H20N6O2S/c1-3-26-14-8-7-11(9-15(14)25-2)10-19-24-17(22-23-18(24)27)16-12-5-4-6-13(12)20-21-16/h7-10H,3-6H2,1-2H3,(H,20,21)(H,23,27). The Balaban J connectivity index is 1.67. The minimum atomic E-state index is 0.411. The molecule has 0 amide bonds. The summed E-state index contributed by atoms with van der Waals surface area (Å²) < 4.78 is 12.9. The van der Waals surface area contributed by atoms with E-state index in [9.17, 15) is 0 Å². The van der Waals surface area contributed by atoms with Crippen LogP contribution in [0.3, 0.4) is 0 Å². The molecule has 0 aliphatic heterocycles. The molecular formula is C18H20N6O2S. The maximum absolute atomic E-state index is 5.54. The average Bonchev–Trinajstić information content (AvgIpc) is 3.37. The van der Waals surface area contributed by atoms with Crippen LogP contribution in [0.4, 0.5) is 0 Å². The highest BCUT2D eigenvalue weighted by Crippen LogP contribution is 2.30. The monoisotopic (exact) mass is 384 g/mol. The van der Waals surface area contributed by atoms with Crippen molar-refractivity contribution in [1.82, 2.24) is 25.1 Å². The Hall–Kier alpha value is -2.94. The van der Waals surface area contributed by atoms with Gasteiger partial charge in [-0.05, 0) is 62.2 Å². The largest absolute Gasteiger partial charge is 0.493 e. The van der Waals surface area contributed by atoms with E-state index in [0.717, 1.165) is 30.5 Å². The number of hydrogen-bond acceptors (Lipinski definition) is 6. The van der Waals surface area contributed by atoms with E-state index in [1.54, 1.807) is 18.0 Å². The van der Waals surface area contributed by atoms with Crippen molar-refractivity contribution < 1.29 is 9.47 Å². The van der Waals surface area contributed by atoms with E-state index < -0.39 is 0 Å². The summed E-state index contributed by atoms with van der Waals surface area (Å²) in [6.45, 7) is 2.51. The molecule has 0 bridgehead atoms. The number of methoxy groups -OCH3 is 1. The predicted molar refractivity (Wildman–Crippen MR) is 104 cm³/mol. The van der Waals surface area contributed by atoms with Crippen LogP contribution in [0, 0.1) is 4.77 Å². The molecule has 0 saturated carbocycles. The van der Waals surface area contributed by atoms with Gasteiger partial charge >= 0.3 is 0 Å². The van der Waals surface area contributed by atoms with Crippen molar-refractivity contribution in [1.29, 1.82) is 0 Å². The quantitative estimate of drug-likeness (QED) is 0.503. The van der Waals surface area contributed by atoms with Crippen LogP contribution >= 0.6 is 12.2 Å². The lowest BCUT2D eigenvalue weighted by Gasteiger charge is -2.09. The van der Waals surface area contributed by atoms with Gasteiger partial charge in [-0.25, -0.2) is 5.10 Å². The normalized spacial score (nSPS) is 13.3. The van der Waals surface area contributed by atoms with Gasteiger partial charge in [-0.3, -0.25) is 5.10 Å². The Morgan fingerprint density at radius 1 is 1.26 bits per heavy atom. The van der Waals surface area contributed by atoms with Crippen LogP contribution in [-0.4, -0.2) is 45.0 Å². The predicted octanol–water partition coefficient (Wildman–Crippen LogP) is 3.11. The summed E-state index contributed by atoms with van der Waals surface area (Å²) in [6, 6.07) is 5.64. The van der Waals surface area contributed by atoms with Crippen molar-refractivity contribution in [3.63, 3.8) is 0 Å². The third kappa shape index (κ3) is 3.25. The summed E-state index contributed by atoms with van der Waals surface area (Å²) in [5.41, 5.74) is 4.03. The first-order valence-corrected chi connectivity index (χ1v) is 9.21. The van der Waals surface area contributed by atoms with E-state index in [4.69, 9.17) is 21.7 Å². The number of nitrogens with zero attached hydrogens (tertiary/aromatic N) is 4. The molecule has 8 nitrogen and oxygen atoms in total. The number of ether oxygens (including phenoxy) is 2. The van der Waals surface area contributed by atoms with Gasteiger partial charge in [0, 0.05) is 11.3 Å². The minimum Gasteiger partial charge on any atom is -0.493 e. The molecule has 2 aromatic heterocycles. The van der Waals surface area contributed by atoms with Gasteiger partial charge in [0.1, 0.15) is 5.69 Å². The molecule has 1 aliphatic carbocycles. The van der Waals surface area contributed by atoms with Crippen molar-refractivity contribution >= 4 is 18.4 Å². The zero-order chi connectivity index (χ0) is 18.8. The maximum Gasteiger partial charge on any atom is 0.216 e. The van der Waals surface area contributed by atoms with Gasteiger partial charge in [0.25, 0.3) is 0 Å². The number of hydrogen-bond donors (Lipinski definition) is 2. The molecule has 3 aromatic rings. The Kier molecular flexibility index (Phi) is 4.76. The number of aryl methyl sites for hydroxylation is 1. The van der Waals surface area contributed by atoms with Gasteiger partial charge in [0.15, 0.2) is 11.5 Å². The van der Waals surface area contributed by atoms with Crippen LogP contribution < -0.4 is 9.47 Å². The number of rotatable bonds is 6. The van der Waals surface area contributed by atoms with Crippen LogP contribution in [0.15, 0.2) is 23.3 Å². The first kappa shape index (κ1) is 17.5. The maximum atomic E-state index is 5.54. The molecule has 27 heavy (non-hydrogen) atoms. The lowest BCUT2D eigenvalue weighted by Crippen LogP contribution is -1.98. The van der Waals surface area contributed by atoms with E-state index in [-0.39, 0.29) is 0 Å². The topological polar surface area (TPSA) is 93.1 Å². The Labute approximate surface area is 161 Å². The molecule has 1 aliphatic rings. The number of fused-ring (bicyclic) bond motifs is 1. The summed E-state index contributed by atoms with van der Waals surface area (Å²) in [4.78, 5) is 0. The number of H-pyrrole nitrogens is 2. The number of nitrogens with one attached hydrogen (secondary N) is 2. The van der Waals surface area contributed by atoms with Crippen LogP contribution in [0.5, 0.6) is 11.5 Å². The van der Waals surface area contributed by atoms with Crippen molar-refractivity contribution in [2.45, 2.75) is 26.2 Å². The van der Waals surface area contributed by atoms with Crippen molar-refractivity contribution in [2.75, 3.05) is 13.7 Å². The van der Waals surface area contributed by atoms with Crippen molar-refractivity contribution in [3.05, 3.63) is 39.8 Å². The lowest BCUT2D eigenvalue weighted by molar-refractivity contribution is 0.311. The van der Waals surface area contributed by atoms with E-state index in [1.165, 1.54) is 11.3 Å².